The minimum absolute atomic E-state index is 0.0707. The van der Waals surface area contributed by atoms with Gasteiger partial charge in [0, 0.05) is 43.2 Å². The first-order chi connectivity index (χ1) is 33.6. The highest BCUT2D eigenvalue weighted by atomic mass is 32.2. The first-order valence-corrected chi connectivity index (χ1v) is 25.5. The molecule has 0 bridgehead atoms. The molecule has 27 nitrogen and oxygen atoms in total. The summed E-state index contributed by atoms with van der Waals surface area (Å²) in [4.78, 5) is 51.5. The minimum Gasteiger partial charge on any atom is -0.444 e. The van der Waals surface area contributed by atoms with Gasteiger partial charge in [-0.15, -0.1) is 0 Å². The molecule has 1 aliphatic carbocycles. The lowest BCUT2D eigenvalue weighted by Gasteiger charge is -2.48. The average molecular weight is 1070 g/mol. The van der Waals surface area contributed by atoms with Crippen LogP contribution in [0.3, 0.4) is 0 Å². The van der Waals surface area contributed by atoms with Crippen molar-refractivity contribution in [3.63, 3.8) is 0 Å². The van der Waals surface area contributed by atoms with Crippen LogP contribution in [0.2, 0.25) is 0 Å². The van der Waals surface area contributed by atoms with E-state index >= 15 is 0 Å². The molecule has 28 heteroatoms. The number of nitrogens with two attached hydrogens (primary N) is 3. The van der Waals surface area contributed by atoms with Gasteiger partial charge in [-0.25, -0.2) is 19.2 Å². The normalized spacial score (nSPS) is 36.4. The molecule has 4 aliphatic rings. The molecule has 0 radical (unpaired) electrons. The standard InChI is InChI=1S/C45H83N7O20S/c1-42(2,3)69-38(59)49-16-21-27(54)29(56)24(51-40(61)71-44(7,8)9)35(63-21)66-32-20(48)15-19(47)26(53)34(32)68-37-31(58)33(23(65-37)18-73-14-13-46)67-36-25(52-41(62)72-45(10,11)12)30(57)28(55)22(64-36)17-50-39(60)70-43(4,5)6/h19-37,53-58H,13-18,46-48H2,1-12H3,(H,49,59)(H,50,60)(H,51,61)(H,52,62)/t19-,20+,21-,22-,23-,24-,25-,26+,27+,28+,29-,30-,31-,32-,33-,34-,35-,36-,37+/m1/s1. The second kappa shape index (κ2) is 25.8. The Morgan fingerprint density at radius 1 is 0.507 bits per heavy atom. The van der Waals surface area contributed by atoms with Crippen LogP contribution >= 0.6 is 11.8 Å². The van der Waals surface area contributed by atoms with Gasteiger partial charge in [-0.05, 0) is 89.5 Å². The quantitative estimate of drug-likeness (QED) is 0.0591. The Kier molecular flexibility index (Phi) is 22.0. The summed E-state index contributed by atoms with van der Waals surface area (Å²) < 4.78 is 59.2. The number of thioether (sulfide) groups is 1. The average Bonchev–Trinajstić information content (AvgIpc) is 3.51. The number of aliphatic hydroxyl groups is 6. The van der Waals surface area contributed by atoms with Gasteiger partial charge in [0.2, 0.25) is 0 Å². The monoisotopic (exact) mass is 1070 g/mol. The van der Waals surface area contributed by atoms with Crippen molar-refractivity contribution < 1.29 is 97.2 Å². The molecule has 424 valence electrons. The fourth-order valence-corrected chi connectivity index (χ4v) is 8.93. The second-order valence-electron chi connectivity index (χ2n) is 22.4. The molecule has 0 unspecified atom stereocenters. The molecule has 16 N–H and O–H groups in total. The van der Waals surface area contributed by atoms with E-state index in [1.54, 1.807) is 83.1 Å². The third kappa shape index (κ3) is 18.8. The number of hydrogen-bond acceptors (Lipinski definition) is 24. The van der Waals surface area contributed by atoms with E-state index in [0.29, 0.717) is 5.75 Å². The van der Waals surface area contributed by atoms with Crippen molar-refractivity contribution in [2.24, 2.45) is 17.2 Å². The van der Waals surface area contributed by atoms with Gasteiger partial charge in [0.25, 0.3) is 0 Å². The van der Waals surface area contributed by atoms with Gasteiger partial charge < -0.3 is 116 Å². The number of amides is 4. The lowest BCUT2D eigenvalue weighted by atomic mass is 9.84. The summed E-state index contributed by atoms with van der Waals surface area (Å²) in [5, 5.41) is 79.2. The molecule has 4 amide bonds. The molecule has 1 saturated carbocycles. The largest absolute Gasteiger partial charge is 0.444 e. The zero-order valence-electron chi connectivity index (χ0n) is 43.8. The van der Waals surface area contributed by atoms with Gasteiger partial charge >= 0.3 is 24.4 Å². The summed E-state index contributed by atoms with van der Waals surface area (Å²) in [6.07, 6.45) is -27.6. The van der Waals surface area contributed by atoms with Crippen molar-refractivity contribution in [1.29, 1.82) is 0 Å². The van der Waals surface area contributed by atoms with E-state index in [4.69, 9.17) is 64.6 Å². The number of aliphatic hydroxyl groups excluding tert-OH is 6. The fraction of sp³-hybridized carbons (Fsp3) is 0.911. The summed E-state index contributed by atoms with van der Waals surface area (Å²) in [6.45, 7) is 18.9. The van der Waals surface area contributed by atoms with E-state index in [9.17, 15) is 49.8 Å². The third-order valence-electron chi connectivity index (χ3n) is 11.2. The molecule has 4 fully saturated rings. The van der Waals surface area contributed by atoms with Crippen LogP contribution in [0, 0.1) is 0 Å². The third-order valence-corrected chi connectivity index (χ3v) is 12.3. The van der Waals surface area contributed by atoms with E-state index in [1.807, 2.05) is 0 Å². The van der Waals surface area contributed by atoms with Crippen LogP contribution in [0.1, 0.15) is 89.5 Å². The van der Waals surface area contributed by atoms with Crippen molar-refractivity contribution in [3.05, 3.63) is 0 Å². The van der Waals surface area contributed by atoms with Crippen LogP contribution < -0.4 is 38.5 Å². The number of hydrogen-bond donors (Lipinski definition) is 13. The number of alkyl carbamates (subject to hydrolysis) is 4. The summed E-state index contributed by atoms with van der Waals surface area (Å²) in [5.74, 6) is 0.527. The van der Waals surface area contributed by atoms with Gasteiger partial charge in [-0.1, -0.05) is 0 Å². The number of nitrogens with one attached hydrogen (secondary N) is 4. The maximum atomic E-state index is 13.2. The topological polar surface area (TPSA) is 408 Å². The van der Waals surface area contributed by atoms with Crippen LogP contribution in [0.25, 0.3) is 0 Å². The Balaban J connectivity index is 1.67. The molecular weight excluding hydrogens is 991 g/mol. The zero-order chi connectivity index (χ0) is 55.1. The van der Waals surface area contributed by atoms with Crippen molar-refractivity contribution >= 4 is 36.1 Å². The highest BCUT2D eigenvalue weighted by molar-refractivity contribution is 7.99. The van der Waals surface area contributed by atoms with Gasteiger partial charge in [0.1, 0.15) is 95.5 Å². The Hall–Kier alpha value is -3.17. The molecule has 19 atom stereocenters. The van der Waals surface area contributed by atoms with Gasteiger partial charge in [-0.2, -0.15) is 11.8 Å². The van der Waals surface area contributed by atoms with Gasteiger partial charge in [-0.3, -0.25) is 0 Å². The lowest BCUT2D eigenvalue weighted by molar-refractivity contribution is -0.309. The first-order valence-electron chi connectivity index (χ1n) is 24.3. The number of ether oxygens (including phenoxy) is 10. The number of carbonyl (C=O) groups excluding carboxylic acids is 4. The molecule has 73 heavy (non-hydrogen) atoms. The number of rotatable bonds is 16. The number of carbonyl (C=O) groups is 4. The van der Waals surface area contributed by atoms with Crippen molar-refractivity contribution in [3.8, 4) is 0 Å². The molecule has 0 aromatic rings. The van der Waals surface area contributed by atoms with Crippen LogP contribution in [0.5, 0.6) is 0 Å². The highest BCUT2D eigenvalue weighted by Crippen LogP contribution is 2.36. The summed E-state index contributed by atoms with van der Waals surface area (Å²) in [7, 11) is 0. The molecule has 0 aromatic carbocycles. The second-order valence-corrected chi connectivity index (χ2v) is 23.6. The van der Waals surface area contributed by atoms with E-state index in [0.717, 1.165) is 0 Å². The van der Waals surface area contributed by atoms with Crippen molar-refractivity contribution in [2.75, 3.05) is 31.1 Å². The van der Waals surface area contributed by atoms with E-state index in [1.165, 1.54) is 11.8 Å². The van der Waals surface area contributed by atoms with E-state index in [2.05, 4.69) is 21.3 Å². The van der Waals surface area contributed by atoms with E-state index < -0.39 is 176 Å². The van der Waals surface area contributed by atoms with Crippen LogP contribution in [-0.2, 0) is 47.4 Å². The predicted molar refractivity (Wildman–Crippen MR) is 258 cm³/mol. The first kappa shape index (κ1) is 62.4. The maximum Gasteiger partial charge on any atom is 0.408 e. The highest BCUT2D eigenvalue weighted by Gasteiger charge is 2.56. The van der Waals surface area contributed by atoms with Gasteiger partial charge in [0.05, 0.1) is 12.2 Å². The van der Waals surface area contributed by atoms with Gasteiger partial charge in [0.15, 0.2) is 18.9 Å². The lowest BCUT2D eigenvalue weighted by Crippen LogP contribution is -2.69. The van der Waals surface area contributed by atoms with E-state index in [-0.39, 0.29) is 18.7 Å². The molecule has 3 aliphatic heterocycles. The smallest absolute Gasteiger partial charge is 0.408 e. The SMILES string of the molecule is CC(C)(C)OC(=O)NC[C@H]1O[C@H](O[C@H]2[C@H](O[C@@H]3O[C@H](CSCCN)[C@@H](O[C@H]4O[C@H](CNC(=O)OC(C)(C)C)[C@H](O)[C@H](O)[C@H]4NC(=O)OC(C)(C)C)[C@H]3O)[C@@H](O)[C@H](N)C[C@@H]2N)[C@H](NC(=O)OC(C)(C)C)[C@@H](O)[C@H]1O. The summed E-state index contributed by atoms with van der Waals surface area (Å²) in [6, 6.07) is -5.26. The van der Waals surface area contributed by atoms with Crippen LogP contribution in [-0.4, -0.2) is 225 Å². The minimum atomic E-state index is -1.82. The Morgan fingerprint density at radius 2 is 0.890 bits per heavy atom. The summed E-state index contributed by atoms with van der Waals surface area (Å²) in [5.41, 5.74) is 15.1. The van der Waals surface area contributed by atoms with Crippen molar-refractivity contribution in [2.45, 2.75) is 228 Å². The molecule has 3 heterocycles. The molecule has 4 rings (SSSR count). The summed E-state index contributed by atoms with van der Waals surface area (Å²) >= 11 is 1.31. The Morgan fingerprint density at radius 3 is 1.30 bits per heavy atom. The van der Waals surface area contributed by atoms with Crippen molar-refractivity contribution in [1.82, 2.24) is 21.3 Å². The molecule has 3 saturated heterocycles. The van der Waals surface area contributed by atoms with Crippen LogP contribution in [0.15, 0.2) is 0 Å². The Labute approximate surface area is 430 Å². The Bertz CT molecular complexity index is 1800. The molecular formula is C45H83N7O20S. The molecule has 0 aromatic heterocycles. The fourth-order valence-electron chi connectivity index (χ4n) is 8.10. The predicted octanol–water partition coefficient (Wildman–Crippen LogP) is -1.93. The zero-order valence-corrected chi connectivity index (χ0v) is 44.6. The molecule has 0 spiro atoms. The maximum absolute atomic E-state index is 13.2. The van der Waals surface area contributed by atoms with Crippen LogP contribution in [0.4, 0.5) is 19.2 Å².